The summed E-state index contributed by atoms with van der Waals surface area (Å²) >= 11 is 1.69. The van der Waals surface area contributed by atoms with Crippen molar-refractivity contribution in [3.63, 3.8) is 0 Å². The third-order valence-corrected chi connectivity index (χ3v) is 3.64. The highest BCUT2D eigenvalue weighted by Crippen LogP contribution is 2.17. The lowest BCUT2D eigenvalue weighted by molar-refractivity contribution is -0.117. The van der Waals surface area contributed by atoms with Gasteiger partial charge in [0.1, 0.15) is 5.82 Å². The van der Waals surface area contributed by atoms with Crippen LogP contribution in [0.25, 0.3) is 0 Å². The van der Waals surface area contributed by atoms with E-state index < -0.39 is 6.04 Å². The summed E-state index contributed by atoms with van der Waals surface area (Å²) in [6.07, 6.45) is 4.39. The summed E-state index contributed by atoms with van der Waals surface area (Å²) in [5, 5.41) is 10.3. The third-order valence-electron chi connectivity index (χ3n) is 3.00. The molecule has 0 saturated carbocycles. The summed E-state index contributed by atoms with van der Waals surface area (Å²) in [5.74, 6) is 1.48. The number of rotatable bonds is 6. The minimum atomic E-state index is -0.458. The topological polar surface area (TPSA) is 85.0 Å². The van der Waals surface area contributed by atoms with Crippen molar-refractivity contribution >= 4 is 23.5 Å². The molecule has 0 bridgehead atoms. The molecule has 7 heteroatoms. The van der Waals surface area contributed by atoms with Gasteiger partial charge in [0.2, 0.25) is 5.91 Å². The molecule has 2 heterocycles. The Morgan fingerprint density at radius 3 is 3.17 bits per heavy atom. The van der Waals surface area contributed by atoms with Crippen molar-refractivity contribution in [2.75, 3.05) is 30.4 Å². The van der Waals surface area contributed by atoms with Crippen LogP contribution in [-0.2, 0) is 4.79 Å². The van der Waals surface area contributed by atoms with E-state index in [0.717, 1.165) is 24.7 Å². The maximum atomic E-state index is 11.9. The highest BCUT2D eigenvalue weighted by molar-refractivity contribution is 7.98. The molecule has 1 saturated heterocycles. The van der Waals surface area contributed by atoms with Gasteiger partial charge in [-0.1, -0.05) is 0 Å². The van der Waals surface area contributed by atoms with E-state index in [1.807, 2.05) is 10.9 Å². The predicted molar refractivity (Wildman–Crippen MR) is 73.7 cm³/mol. The molecule has 0 aliphatic carbocycles. The SMILES string of the molecule is CSCC[C@H](N)C(=O)Nc1ccnn1C1CNC1. The monoisotopic (exact) mass is 269 g/mol. The molecule has 1 aliphatic rings. The molecule has 1 aromatic heterocycles. The molecule has 1 fully saturated rings. The van der Waals surface area contributed by atoms with Crippen molar-refractivity contribution in [2.24, 2.45) is 5.73 Å². The second-order valence-electron chi connectivity index (χ2n) is 4.35. The Balaban J connectivity index is 1.92. The van der Waals surface area contributed by atoms with Gasteiger partial charge in [0.25, 0.3) is 0 Å². The summed E-state index contributed by atoms with van der Waals surface area (Å²) in [7, 11) is 0. The molecule has 1 amide bonds. The quantitative estimate of drug-likeness (QED) is 0.679. The molecule has 0 spiro atoms. The summed E-state index contributed by atoms with van der Waals surface area (Å²) in [6, 6.07) is 1.68. The number of nitrogens with two attached hydrogens (primary N) is 1. The van der Waals surface area contributed by atoms with Gasteiger partial charge in [-0.3, -0.25) is 4.79 Å². The molecule has 0 aromatic carbocycles. The van der Waals surface area contributed by atoms with Gasteiger partial charge in [-0.05, 0) is 18.4 Å². The van der Waals surface area contributed by atoms with Gasteiger partial charge in [-0.2, -0.15) is 16.9 Å². The fourth-order valence-corrected chi connectivity index (χ4v) is 2.24. The zero-order valence-electron chi connectivity index (χ0n) is 10.4. The molecule has 4 N–H and O–H groups in total. The highest BCUT2D eigenvalue weighted by atomic mass is 32.2. The van der Waals surface area contributed by atoms with Crippen LogP contribution in [0.3, 0.4) is 0 Å². The number of hydrogen-bond acceptors (Lipinski definition) is 5. The van der Waals surface area contributed by atoms with Gasteiger partial charge in [0, 0.05) is 19.2 Å². The van der Waals surface area contributed by atoms with Crippen molar-refractivity contribution in [3.05, 3.63) is 12.3 Å². The number of carbonyl (C=O) groups excluding carboxylic acids is 1. The van der Waals surface area contributed by atoms with E-state index in [4.69, 9.17) is 5.73 Å². The molecule has 18 heavy (non-hydrogen) atoms. The lowest BCUT2D eigenvalue weighted by Crippen LogP contribution is -2.44. The van der Waals surface area contributed by atoms with Gasteiger partial charge in [-0.15, -0.1) is 0 Å². The Hall–Kier alpha value is -1.05. The standard InChI is InChI=1S/C11H19N5OS/c1-18-5-3-9(12)11(17)15-10-2-4-14-16(10)8-6-13-7-8/h2,4,8-9,13H,3,5-7,12H2,1H3,(H,15,17)/t9-/m0/s1. The molecule has 1 atom stereocenters. The van der Waals surface area contributed by atoms with Gasteiger partial charge < -0.3 is 16.4 Å². The largest absolute Gasteiger partial charge is 0.320 e. The summed E-state index contributed by atoms with van der Waals surface area (Å²) < 4.78 is 1.84. The fraction of sp³-hybridized carbons (Fsp3) is 0.636. The number of amides is 1. The lowest BCUT2D eigenvalue weighted by atomic mass is 10.2. The molecule has 1 aliphatic heterocycles. The Bertz CT molecular complexity index is 404. The van der Waals surface area contributed by atoms with Gasteiger partial charge in [0.15, 0.2) is 0 Å². The Labute approximate surface area is 111 Å². The van der Waals surface area contributed by atoms with E-state index in [9.17, 15) is 4.79 Å². The Morgan fingerprint density at radius 2 is 2.56 bits per heavy atom. The zero-order valence-corrected chi connectivity index (χ0v) is 11.2. The van der Waals surface area contributed by atoms with E-state index in [-0.39, 0.29) is 5.91 Å². The van der Waals surface area contributed by atoms with Crippen LogP contribution in [0.1, 0.15) is 12.5 Å². The molecule has 2 rings (SSSR count). The second kappa shape index (κ2) is 6.21. The van der Waals surface area contributed by atoms with Crippen LogP contribution in [-0.4, -0.2) is 46.8 Å². The van der Waals surface area contributed by atoms with Gasteiger partial charge >= 0.3 is 0 Å². The second-order valence-corrected chi connectivity index (χ2v) is 5.34. The normalized spacial score (nSPS) is 17.2. The first-order chi connectivity index (χ1) is 8.72. The van der Waals surface area contributed by atoms with Crippen LogP contribution < -0.4 is 16.4 Å². The van der Waals surface area contributed by atoms with E-state index in [2.05, 4.69) is 15.7 Å². The van der Waals surface area contributed by atoms with Gasteiger partial charge in [-0.25, -0.2) is 4.68 Å². The third kappa shape index (κ3) is 3.04. The lowest BCUT2D eigenvalue weighted by Gasteiger charge is -2.28. The van der Waals surface area contributed by atoms with Crippen molar-refractivity contribution < 1.29 is 4.79 Å². The van der Waals surface area contributed by atoms with E-state index >= 15 is 0 Å². The number of nitrogens with one attached hydrogen (secondary N) is 2. The zero-order chi connectivity index (χ0) is 13.0. The summed E-state index contributed by atoms with van der Waals surface area (Å²) in [4.78, 5) is 11.9. The first-order valence-electron chi connectivity index (χ1n) is 6.02. The Morgan fingerprint density at radius 1 is 1.78 bits per heavy atom. The average molecular weight is 269 g/mol. The number of anilines is 1. The number of aromatic nitrogens is 2. The van der Waals surface area contributed by atoms with Crippen molar-refractivity contribution in [3.8, 4) is 0 Å². The van der Waals surface area contributed by atoms with Crippen molar-refractivity contribution in [2.45, 2.75) is 18.5 Å². The van der Waals surface area contributed by atoms with Crippen LogP contribution in [0.2, 0.25) is 0 Å². The summed E-state index contributed by atoms with van der Waals surface area (Å²) in [6.45, 7) is 1.78. The fourth-order valence-electron chi connectivity index (χ4n) is 1.75. The molecule has 6 nitrogen and oxygen atoms in total. The number of thioether (sulfide) groups is 1. The minimum absolute atomic E-state index is 0.141. The van der Waals surface area contributed by atoms with Crippen LogP contribution in [0.5, 0.6) is 0 Å². The van der Waals surface area contributed by atoms with Crippen molar-refractivity contribution in [1.29, 1.82) is 0 Å². The Kier molecular flexibility index (Phi) is 4.62. The minimum Gasteiger partial charge on any atom is -0.320 e. The van der Waals surface area contributed by atoms with Gasteiger partial charge in [0.05, 0.1) is 18.3 Å². The smallest absolute Gasteiger partial charge is 0.242 e. The van der Waals surface area contributed by atoms with Crippen LogP contribution in [0.4, 0.5) is 5.82 Å². The first-order valence-corrected chi connectivity index (χ1v) is 7.41. The molecular weight excluding hydrogens is 250 g/mol. The van der Waals surface area contributed by atoms with E-state index in [0.29, 0.717) is 12.5 Å². The molecule has 1 aromatic rings. The molecular formula is C11H19N5OS. The maximum absolute atomic E-state index is 11.9. The average Bonchev–Trinajstić information content (AvgIpc) is 2.72. The van der Waals surface area contributed by atoms with Crippen LogP contribution in [0.15, 0.2) is 12.3 Å². The maximum Gasteiger partial charge on any atom is 0.242 e. The summed E-state index contributed by atoms with van der Waals surface area (Å²) in [5.41, 5.74) is 5.83. The van der Waals surface area contributed by atoms with Crippen LogP contribution >= 0.6 is 11.8 Å². The molecule has 0 unspecified atom stereocenters. The number of nitrogens with zero attached hydrogens (tertiary/aromatic N) is 2. The van der Waals surface area contributed by atoms with E-state index in [1.54, 1.807) is 24.0 Å². The molecule has 100 valence electrons. The van der Waals surface area contributed by atoms with E-state index in [1.165, 1.54) is 0 Å². The highest BCUT2D eigenvalue weighted by Gasteiger charge is 2.23. The predicted octanol–water partition coefficient (Wildman–Crippen LogP) is 0.0463. The van der Waals surface area contributed by atoms with Crippen molar-refractivity contribution in [1.82, 2.24) is 15.1 Å². The first kappa shape index (κ1) is 13.4. The van der Waals surface area contributed by atoms with Crippen LogP contribution in [0, 0.1) is 0 Å². The number of carbonyl (C=O) groups is 1. The molecule has 0 radical (unpaired) electrons. The number of hydrogen-bond donors (Lipinski definition) is 3.